The van der Waals surface area contributed by atoms with Crippen molar-refractivity contribution >= 4 is 5.90 Å². The first-order valence-corrected chi connectivity index (χ1v) is 3.13. The minimum absolute atomic E-state index is 0.0324. The van der Waals surface area contributed by atoms with E-state index in [0.717, 1.165) is 0 Å². The van der Waals surface area contributed by atoms with Crippen molar-refractivity contribution in [2.75, 3.05) is 6.61 Å². The summed E-state index contributed by atoms with van der Waals surface area (Å²) in [6, 6.07) is 0. The molecule has 1 saturated carbocycles. The average molecular weight is 129 g/mol. The molecule has 0 radical (unpaired) electrons. The van der Waals surface area contributed by atoms with Gasteiger partial charge in [-0.25, -0.2) is 0 Å². The van der Waals surface area contributed by atoms with Crippen LogP contribution in [0.25, 0.3) is 0 Å². The summed E-state index contributed by atoms with van der Waals surface area (Å²) in [7, 11) is 0. The molecule has 2 N–H and O–H groups in total. The zero-order valence-electron chi connectivity index (χ0n) is 5.48. The molecule has 1 fully saturated rings. The van der Waals surface area contributed by atoms with Gasteiger partial charge in [-0.3, -0.25) is 5.41 Å². The van der Waals surface area contributed by atoms with Crippen molar-refractivity contribution in [3.05, 3.63) is 0 Å². The summed E-state index contributed by atoms with van der Waals surface area (Å²) in [4.78, 5) is 0. The van der Waals surface area contributed by atoms with Crippen molar-refractivity contribution in [1.29, 1.82) is 5.41 Å². The van der Waals surface area contributed by atoms with Gasteiger partial charge in [0.1, 0.15) is 5.60 Å². The normalized spacial score (nSPS) is 21.1. The Morgan fingerprint density at radius 1 is 1.78 bits per heavy atom. The number of ether oxygens (including phenoxy) is 1. The van der Waals surface area contributed by atoms with Crippen LogP contribution in [0.5, 0.6) is 0 Å². The lowest BCUT2D eigenvalue weighted by atomic mass is 10.3. The molecule has 1 aliphatic carbocycles. The topological polar surface area (TPSA) is 53.3 Å². The summed E-state index contributed by atoms with van der Waals surface area (Å²) in [6.07, 6.45) is 1.37. The van der Waals surface area contributed by atoms with E-state index in [1.54, 1.807) is 6.92 Å². The number of rotatable bonds is 2. The minimum Gasteiger partial charge on any atom is -0.479 e. The lowest BCUT2D eigenvalue weighted by Crippen LogP contribution is -2.23. The van der Waals surface area contributed by atoms with Crippen LogP contribution in [0.2, 0.25) is 0 Å². The maximum Gasteiger partial charge on any atom is 0.213 e. The fourth-order valence-electron chi connectivity index (χ4n) is 0.624. The van der Waals surface area contributed by atoms with Crippen molar-refractivity contribution in [3.8, 4) is 0 Å². The highest BCUT2D eigenvalue weighted by molar-refractivity contribution is 5.84. The van der Waals surface area contributed by atoms with Gasteiger partial charge in [-0.05, 0) is 19.8 Å². The van der Waals surface area contributed by atoms with Crippen LogP contribution in [0.15, 0.2) is 0 Å². The van der Waals surface area contributed by atoms with E-state index in [1.165, 1.54) is 0 Å². The van der Waals surface area contributed by atoms with E-state index in [4.69, 9.17) is 10.1 Å². The van der Waals surface area contributed by atoms with E-state index in [2.05, 4.69) is 0 Å². The molecule has 52 valence electrons. The monoisotopic (exact) mass is 129 g/mol. The molecule has 0 aliphatic heterocycles. The molecule has 0 aromatic carbocycles. The molecule has 0 bridgehead atoms. The highest BCUT2D eigenvalue weighted by Gasteiger charge is 2.46. The third-order valence-electron chi connectivity index (χ3n) is 1.43. The van der Waals surface area contributed by atoms with Crippen LogP contribution in [0.1, 0.15) is 19.8 Å². The van der Waals surface area contributed by atoms with Crippen LogP contribution in [0.4, 0.5) is 0 Å². The van der Waals surface area contributed by atoms with Gasteiger partial charge in [-0.1, -0.05) is 0 Å². The first-order chi connectivity index (χ1) is 4.19. The molecule has 1 aliphatic rings. The second-order valence-electron chi connectivity index (χ2n) is 2.29. The Balaban J connectivity index is 2.34. The standard InChI is InChI=1S/C6H11NO2/c1-2-9-5(7)6(8)3-4-6/h7-8H,2-4H2,1H3. The summed E-state index contributed by atoms with van der Waals surface area (Å²) in [6.45, 7) is 2.28. The van der Waals surface area contributed by atoms with Crippen LogP contribution >= 0.6 is 0 Å². The van der Waals surface area contributed by atoms with Gasteiger partial charge in [0.25, 0.3) is 0 Å². The van der Waals surface area contributed by atoms with Crippen LogP contribution in [-0.2, 0) is 4.74 Å². The molecule has 0 spiro atoms. The Hall–Kier alpha value is -0.570. The van der Waals surface area contributed by atoms with Crippen molar-refractivity contribution in [3.63, 3.8) is 0 Å². The van der Waals surface area contributed by atoms with Gasteiger partial charge in [-0.2, -0.15) is 0 Å². The maximum absolute atomic E-state index is 9.18. The highest BCUT2D eigenvalue weighted by Crippen LogP contribution is 2.36. The number of hydrogen-bond acceptors (Lipinski definition) is 3. The summed E-state index contributed by atoms with van der Waals surface area (Å²) in [5.74, 6) is 0.0324. The predicted molar refractivity (Wildman–Crippen MR) is 33.5 cm³/mol. The Labute approximate surface area is 54.2 Å². The van der Waals surface area contributed by atoms with Crippen LogP contribution in [0.3, 0.4) is 0 Å². The van der Waals surface area contributed by atoms with Gasteiger partial charge in [0.05, 0.1) is 6.61 Å². The van der Waals surface area contributed by atoms with E-state index in [9.17, 15) is 5.11 Å². The zero-order chi connectivity index (χ0) is 6.91. The molecule has 0 heterocycles. The summed E-state index contributed by atoms with van der Waals surface area (Å²) in [5.41, 5.74) is -0.879. The van der Waals surface area contributed by atoms with Crippen molar-refractivity contribution in [2.45, 2.75) is 25.4 Å². The lowest BCUT2D eigenvalue weighted by molar-refractivity contribution is 0.170. The summed E-state index contributed by atoms with van der Waals surface area (Å²) >= 11 is 0. The third kappa shape index (κ3) is 1.21. The van der Waals surface area contributed by atoms with E-state index >= 15 is 0 Å². The number of hydrogen-bond donors (Lipinski definition) is 2. The molecule has 0 amide bonds. The van der Waals surface area contributed by atoms with Crippen molar-refractivity contribution in [2.24, 2.45) is 0 Å². The van der Waals surface area contributed by atoms with Crippen LogP contribution < -0.4 is 0 Å². The molecule has 3 nitrogen and oxygen atoms in total. The average Bonchev–Trinajstić information content (AvgIpc) is 2.50. The molecule has 3 heteroatoms. The molecular formula is C6H11NO2. The van der Waals surface area contributed by atoms with Gasteiger partial charge in [0.2, 0.25) is 5.90 Å². The molecule has 0 atom stereocenters. The third-order valence-corrected chi connectivity index (χ3v) is 1.43. The quantitative estimate of drug-likeness (QED) is 0.422. The Kier molecular flexibility index (Phi) is 1.45. The first kappa shape index (κ1) is 6.55. The van der Waals surface area contributed by atoms with E-state index in [1.807, 2.05) is 0 Å². The second-order valence-corrected chi connectivity index (χ2v) is 2.29. The molecule has 0 saturated heterocycles. The van der Waals surface area contributed by atoms with Crippen molar-refractivity contribution in [1.82, 2.24) is 0 Å². The highest BCUT2D eigenvalue weighted by atomic mass is 16.5. The minimum atomic E-state index is -0.879. The van der Waals surface area contributed by atoms with Crippen LogP contribution in [0, 0.1) is 5.41 Å². The molecular weight excluding hydrogens is 118 g/mol. The van der Waals surface area contributed by atoms with E-state index in [-0.39, 0.29) is 5.90 Å². The maximum atomic E-state index is 9.18. The lowest BCUT2D eigenvalue weighted by Gasteiger charge is -2.08. The largest absolute Gasteiger partial charge is 0.479 e. The van der Waals surface area contributed by atoms with Gasteiger partial charge in [0.15, 0.2) is 0 Å². The molecule has 1 rings (SSSR count). The molecule has 0 aromatic heterocycles. The molecule has 0 unspecified atom stereocenters. The van der Waals surface area contributed by atoms with Crippen LogP contribution in [-0.4, -0.2) is 23.2 Å². The molecule has 0 aromatic rings. The molecule has 9 heavy (non-hydrogen) atoms. The fourth-order valence-corrected chi connectivity index (χ4v) is 0.624. The van der Waals surface area contributed by atoms with Gasteiger partial charge in [-0.15, -0.1) is 0 Å². The van der Waals surface area contributed by atoms with Gasteiger partial charge >= 0.3 is 0 Å². The summed E-state index contributed by atoms with van der Waals surface area (Å²) in [5, 5.41) is 16.3. The van der Waals surface area contributed by atoms with Gasteiger partial charge < -0.3 is 9.84 Å². The fraction of sp³-hybridized carbons (Fsp3) is 0.833. The first-order valence-electron chi connectivity index (χ1n) is 3.13. The Morgan fingerprint density at radius 2 is 2.33 bits per heavy atom. The number of nitrogens with one attached hydrogen (secondary N) is 1. The smallest absolute Gasteiger partial charge is 0.213 e. The van der Waals surface area contributed by atoms with E-state index in [0.29, 0.717) is 19.4 Å². The SMILES string of the molecule is CCOC(=N)C1(O)CC1. The van der Waals surface area contributed by atoms with Crippen molar-refractivity contribution < 1.29 is 9.84 Å². The second kappa shape index (κ2) is 1.99. The summed E-state index contributed by atoms with van der Waals surface area (Å²) < 4.78 is 4.80. The predicted octanol–water partition coefficient (Wildman–Crippen LogP) is 0.525. The Bertz CT molecular complexity index is 129. The Morgan fingerprint density at radius 3 is 2.67 bits per heavy atom. The van der Waals surface area contributed by atoms with Gasteiger partial charge in [0, 0.05) is 0 Å². The van der Waals surface area contributed by atoms with E-state index < -0.39 is 5.60 Å². The zero-order valence-corrected chi connectivity index (χ0v) is 5.48. The number of aliphatic hydroxyl groups is 1.